The molecule has 0 saturated heterocycles. The molecule has 0 fully saturated rings. The van der Waals surface area contributed by atoms with Crippen molar-refractivity contribution in [2.24, 2.45) is 23.7 Å². The van der Waals surface area contributed by atoms with Gasteiger partial charge in [-0.05, 0) is 49.4 Å². The van der Waals surface area contributed by atoms with Gasteiger partial charge in [0, 0.05) is 25.7 Å². The van der Waals surface area contributed by atoms with Crippen LogP contribution < -0.4 is 0 Å². The van der Waals surface area contributed by atoms with Gasteiger partial charge in [0.25, 0.3) is 0 Å². The first kappa shape index (κ1) is 97.1. The molecule has 588 valence electrons. The average Bonchev–Trinajstić information content (AvgIpc) is 1.12. The summed E-state index contributed by atoms with van der Waals surface area (Å²) in [4.78, 5) is 73.0. The van der Waals surface area contributed by atoms with Gasteiger partial charge in [-0.2, -0.15) is 0 Å². The van der Waals surface area contributed by atoms with Gasteiger partial charge in [-0.1, -0.05) is 357 Å². The molecular weight excluding hydrogens is 1290 g/mol. The van der Waals surface area contributed by atoms with E-state index >= 15 is 0 Å². The van der Waals surface area contributed by atoms with Gasteiger partial charge in [0.2, 0.25) is 0 Å². The van der Waals surface area contributed by atoms with Crippen LogP contribution in [0.1, 0.15) is 409 Å². The molecule has 0 rings (SSSR count). The second-order valence-corrected chi connectivity index (χ2v) is 33.6. The fourth-order valence-electron chi connectivity index (χ4n) is 12.3. The van der Waals surface area contributed by atoms with Crippen molar-refractivity contribution in [1.82, 2.24) is 0 Å². The van der Waals surface area contributed by atoms with Crippen LogP contribution >= 0.6 is 15.6 Å². The molecule has 0 aromatic heterocycles. The van der Waals surface area contributed by atoms with Gasteiger partial charge in [-0.25, -0.2) is 9.13 Å². The summed E-state index contributed by atoms with van der Waals surface area (Å²) in [7, 11) is -9.92. The predicted octanol–water partition coefficient (Wildman–Crippen LogP) is 23.6. The van der Waals surface area contributed by atoms with Crippen molar-refractivity contribution in [3.63, 3.8) is 0 Å². The number of aliphatic hydroxyl groups excluding tert-OH is 1. The second-order valence-electron chi connectivity index (χ2n) is 30.7. The van der Waals surface area contributed by atoms with Crippen molar-refractivity contribution < 1.29 is 80.2 Å². The number of carbonyl (C=O) groups is 4. The minimum absolute atomic E-state index is 0.105. The summed E-state index contributed by atoms with van der Waals surface area (Å²) >= 11 is 0. The monoisotopic (exact) mass is 1450 g/mol. The van der Waals surface area contributed by atoms with Crippen LogP contribution in [0.3, 0.4) is 0 Å². The van der Waals surface area contributed by atoms with Gasteiger partial charge in [0.15, 0.2) is 12.2 Å². The molecule has 2 unspecified atom stereocenters. The molecule has 0 aliphatic rings. The number of esters is 4. The smallest absolute Gasteiger partial charge is 0.462 e. The number of hydrogen-bond donors (Lipinski definition) is 3. The highest BCUT2D eigenvalue weighted by molar-refractivity contribution is 7.47. The molecule has 0 radical (unpaired) electrons. The Kier molecular flexibility index (Phi) is 67.8. The molecular formula is C80H156O17P2. The summed E-state index contributed by atoms with van der Waals surface area (Å²) in [6.45, 7) is 14.2. The number of ether oxygens (including phenoxy) is 4. The van der Waals surface area contributed by atoms with E-state index in [1.807, 2.05) is 0 Å². The minimum Gasteiger partial charge on any atom is -0.462 e. The van der Waals surface area contributed by atoms with Crippen LogP contribution in [0, 0.1) is 23.7 Å². The predicted molar refractivity (Wildman–Crippen MR) is 404 cm³/mol. The molecule has 3 N–H and O–H groups in total. The molecule has 0 saturated carbocycles. The largest absolute Gasteiger partial charge is 0.472 e. The number of phosphoric acid groups is 2. The zero-order valence-electron chi connectivity index (χ0n) is 65.1. The summed E-state index contributed by atoms with van der Waals surface area (Å²) in [5.41, 5.74) is 0. The first-order valence-electron chi connectivity index (χ1n) is 41.2. The van der Waals surface area contributed by atoms with Crippen molar-refractivity contribution in [2.45, 2.75) is 427 Å². The second kappa shape index (κ2) is 69.1. The van der Waals surface area contributed by atoms with E-state index in [9.17, 15) is 43.2 Å². The number of carbonyl (C=O) groups excluding carboxylic acids is 4. The van der Waals surface area contributed by atoms with Crippen molar-refractivity contribution in [3.05, 3.63) is 0 Å². The van der Waals surface area contributed by atoms with Crippen LogP contribution in [0.5, 0.6) is 0 Å². The number of rotatable bonds is 77. The molecule has 0 aromatic carbocycles. The van der Waals surface area contributed by atoms with Crippen molar-refractivity contribution in [1.29, 1.82) is 0 Å². The lowest BCUT2D eigenvalue weighted by Crippen LogP contribution is -2.30. The van der Waals surface area contributed by atoms with E-state index in [4.69, 9.17) is 37.0 Å². The standard InChI is InChI=1S/C80H156O17P2/c1-70(2)56-48-40-32-24-18-14-11-9-10-12-16-21-29-38-46-54-62-79(84)96-75(66-90-77(82)60-52-44-36-28-20-17-13-15-19-25-33-41-49-57-71(3)4)68-94-98(86,87)92-64-74(81)65-93-99(88,89)95-69-76(97-80(85)63-55-47-39-31-23-27-35-43-51-59-73(7)8)67-91-78(83)61-53-45-37-30-22-26-34-42-50-58-72(5)6/h70-76,81H,9-69H2,1-8H3,(H,86,87)(H,88,89)/t74-,75-,76-/m1/s1. The number of hydrogen-bond acceptors (Lipinski definition) is 15. The van der Waals surface area contributed by atoms with Gasteiger partial charge in [0.05, 0.1) is 26.4 Å². The van der Waals surface area contributed by atoms with Crippen LogP contribution in [0.4, 0.5) is 0 Å². The maximum Gasteiger partial charge on any atom is 0.472 e. The van der Waals surface area contributed by atoms with E-state index in [1.165, 1.54) is 212 Å². The fraction of sp³-hybridized carbons (Fsp3) is 0.950. The zero-order chi connectivity index (χ0) is 73.1. The SMILES string of the molecule is CC(C)CCCCCCCCCCCCCCCCCCC(=O)O[C@H](COC(=O)CCCCCCCCCCCCCCCC(C)C)COP(=O)(O)OC[C@@H](O)COP(=O)(O)OC[C@@H](COC(=O)CCCCCCCCCCCC(C)C)OC(=O)CCCCCCCCCCCC(C)C. The highest BCUT2D eigenvalue weighted by Gasteiger charge is 2.30. The molecule has 0 aromatic rings. The van der Waals surface area contributed by atoms with Crippen LogP contribution in [0.15, 0.2) is 0 Å². The maximum absolute atomic E-state index is 13.1. The fourth-order valence-corrected chi connectivity index (χ4v) is 13.8. The molecule has 0 heterocycles. The van der Waals surface area contributed by atoms with Crippen LogP contribution in [0.25, 0.3) is 0 Å². The molecule has 0 bridgehead atoms. The third-order valence-corrected chi connectivity index (χ3v) is 20.5. The quantitative estimate of drug-likeness (QED) is 0.0222. The highest BCUT2D eigenvalue weighted by atomic mass is 31.2. The van der Waals surface area contributed by atoms with Gasteiger partial charge in [-0.3, -0.25) is 37.3 Å². The van der Waals surface area contributed by atoms with E-state index in [2.05, 4.69) is 55.4 Å². The average molecular weight is 1450 g/mol. The van der Waals surface area contributed by atoms with Crippen LogP contribution in [-0.4, -0.2) is 96.7 Å². The van der Waals surface area contributed by atoms with Gasteiger partial charge < -0.3 is 33.8 Å². The molecule has 17 nitrogen and oxygen atoms in total. The van der Waals surface area contributed by atoms with Gasteiger partial charge in [-0.15, -0.1) is 0 Å². The molecule has 0 aliphatic carbocycles. The molecule has 0 aliphatic heterocycles. The molecule has 19 heteroatoms. The normalized spacial score (nSPS) is 14.1. The van der Waals surface area contributed by atoms with Crippen LogP contribution in [0.2, 0.25) is 0 Å². The third-order valence-electron chi connectivity index (χ3n) is 18.6. The van der Waals surface area contributed by atoms with E-state index in [1.54, 1.807) is 0 Å². The Morgan fingerprint density at radius 3 is 0.626 bits per heavy atom. The maximum atomic E-state index is 13.1. The van der Waals surface area contributed by atoms with Crippen molar-refractivity contribution >= 4 is 39.5 Å². The Labute approximate surface area is 607 Å². The van der Waals surface area contributed by atoms with E-state index in [0.29, 0.717) is 25.7 Å². The third kappa shape index (κ3) is 74.1. The number of unbranched alkanes of at least 4 members (excludes halogenated alkanes) is 43. The summed E-state index contributed by atoms with van der Waals surface area (Å²) in [5, 5.41) is 10.6. The van der Waals surface area contributed by atoms with Gasteiger partial charge in [0.1, 0.15) is 19.3 Å². The highest BCUT2D eigenvalue weighted by Crippen LogP contribution is 2.45. The number of aliphatic hydroxyl groups is 1. The Hall–Kier alpha value is -1.94. The lowest BCUT2D eigenvalue weighted by molar-refractivity contribution is -0.161. The lowest BCUT2D eigenvalue weighted by Gasteiger charge is -2.21. The molecule has 5 atom stereocenters. The Bertz CT molecular complexity index is 1940. The topological polar surface area (TPSA) is 237 Å². The molecule has 0 spiro atoms. The first-order valence-corrected chi connectivity index (χ1v) is 44.2. The summed E-state index contributed by atoms with van der Waals surface area (Å²) < 4.78 is 68.7. The van der Waals surface area contributed by atoms with E-state index in [0.717, 1.165) is 114 Å². The first-order chi connectivity index (χ1) is 47.6. The molecule has 99 heavy (non-hydrogen) atoms. The summed E-state index contributed by atoms with van der Waals surface area (Å²) in [6.07, 6.45) is 55.5. The van der Waals surface area contributed by atoms with Gasteiger partial charge >= 0.3 is 39.5 Å². The molecule has 0 amide bonds. The summed E-state index contributed by atoms with van der Waals surface area (Å²) in [6, 6.07) is 0. The Morgan fingerprint density at radius 1 is 0.253 bits per heavy atom. The summed E-state index contributed by atoms with van der Waals surface area (Å²) in [5.74, 6) is 0.965. The van der Waals surface area contributed by atoms with Crippen molar-refractivity contribution in [2.75, 3.05) is 39.6 Å². The van der Waals surface area contributed by atoms with E-state index in [-0.39, 0.29) is 25.7 Å². The number of phosphoric ester groups is 2. The van der Waals surface area contributed by atoms with Crippen molar-refractivity contribution in [3.8, 4) is 0 Å². The Balaban J connectivity index is 5.25. The minimum atomic E-state index is -4.96. The Morgan fingerprint density at radius 2 is 0.424 bits per heavy atom. The van der Waals surface area contributed by atoms with Crippen LogP contribution in [-0.2, 0) is 65.4 Å². The van der Waals surface area contributed by atoms with E-state index < -0.39 is 97.5 Å². The zero-order valence-corrected chi connectivity index (χ0v) is 66.9. The lowest BCUT2D eigenvalue weighted by atomic mass is 10.0.